The maximum atomic E-state index is 12.8. The highest BCUT2D eigenvalue weighted by atomic mass is 32.2. The molecule has 1 unspecified atom stereocenters. The lowest BCUT2D eigenvalue weighted by molar-refractivity contribution is -0.148. The van der Waals surface area contributed by atoms with Gasteiger partial charge in [0.1, 0.15) is 5.76 Å². The molecule has 2 fully saturated rings. The van der Waals surface area contributed by atoms with Gasteiger partial charge in [0, 0.05) is 12.3 Å². The number of fused-ring (bicyclic) bond motifs is 1. The van der Waals surface area contributed by atoms with Gasteiger partial charge in [-0.1, -0.05) is 20.3 Å². The Bertz CT molecular complexity index is 727. The van der Waals surface area contributed by atoms with Crippen LogP contribution in [-0.2, 0) is 23.8 Å². The molecule has 1 heterocycles. The highest BCUT2D eigenvalue weighted by Gasteiger charge is 2.54. The second-order valence-corrected chi connectivity index (χ2v) is 10.6. The minimum Gasteiger partial charge on any atom is -0.381 e. The summed E-state index contributed by atoms with van der Waals surface area (Å²) in [5.41, 5.74) is -5.66. The van der Waals surface area contributed by atoms with Crippen molar-refractivity contribution in [3.8, 4) is 0 Å². The molecule has 4 atom stereocenters. The molecule has 1 saturated carbocycles. The molecule has 0 aromatic heterocycles. The summed E-state index contributed by atoms with van der Waals surface area (Å²) in [5.74, 6) is -0.145. The number of alkyl halides is 3. The number of rotatable bonds is 7. The minimum atomic E-state index is -5.63. The van der Waals surface area contributed by atoms with E-state index in [1.54, 1.807) is 0 Å². The molecule has 2 aliphatic carbocycles. The standard InChI is InChI=1S/C20H31F3O5S/c1-14(6-4-11-19(3)26-12-13-27-19)15-8-9-16-17(7-5-10-18(15,16)2)28-29(24,25)20(21,22)23/h7,14-16H,4-6,8-13H2,1-3H3/t14-,15-,16?,18-/m1/s1. The van der Waals surface area contributed by atoms with E-state index in [9.17, 15) is 21.6 Å². The second kappa shape index (κ2) is 8.04. The molecule has 0 aromatic carbocycles. The van der Waals surface area contributed by atoms with Crippen LogP contribution in [0.15, 0.2) is 11.8 Å². The molecule has 3 aliphatic rings. The van der Waals surface area contributed by atoms with Gasteiger partial charge in [0.05, 0.1) is 13.2 Å². The highest BCUT2D eigenvalue weighted by Crippen LogP contribution is 2.59. The lowest BCUT2D eigenvalue weighted by Crippen LogP contribution is -2.37. The van der Waals surface area contributed by atoms with Crippen LogP contribution < -0.4 is 0 Å². The highest BCUT2D eigenvalue weighted by molar-refractivity contribution is 7.87. The molecule has 1 aliphatic heterocycles. The van der Waals surface area contributed by atoms with E-state index in [2.05, 4.69) is 18.0 Å². The lowest BCUT2D eigenvalue weighted by atomic mass is 9.63. The van der Waals surface area contributed by atoms with Gasteiger partial charge in [-0.3, -0.25) is 0 Å². The van der Waals surface area contributed by atoms with Crippen LogP contribution >= 0.6 is 0 Å². The van der Waals surface area contributed by atoms with Gasteiger partial charge in [-0.05, 0) is 62.4 Å². The fraction of sp³-hybridized carbons (Fsp3) is 0.900. The van der Waals surface area contributed by atoms with Crippen molar-refractivity contribution < 1.29 is 35.2 Å². The van der Waals surface area contributed by atoms with Crippen LogP contribution in [0.2, 0.25) is 0 Å². The molecule has 9 heteroatoms. The van der Waals surface area contributed by atoms with Crippen LogP contribution in [0, 0.1) is 23.2 Å². The van der Waals surface area contributed by atoms with Crippen LogP contribution in [0.25, 0.3) is 0 Å². The Labute approximate surface area is 171 Å². The molecule has 3 rings (SSSR count). The van der Waals surface area contributed by atoms with Gasteiger partial charge >= 0.3 is 15.6 Å². The van der Waals surface area contributed by atoms with E-state index in [1.807, 2.05) is 6.92 Å². The third-order valence-corrected chi connectivity index (χ3v) is 8.13. The summed E-state index contributed by atoms with van der Waals surface area (Å²) in [6.07, 6.45) is 7.11. The molecule has 0 amide bonds. The summed E-state index contributed by atoms with van der Waals surface area (Å²) in [4.78, 5) is 0. The summed E-state index contributed by atoms with van der Waals surface area (Å²) in [6, 6.07) is 0. The SMILES string of the molecule is C[C@H](CCCC1(C)OCCO1)[C@H]1CCC2C(OS(=O)(=O)C(F)(F)F)=CCC[C@@]21C. The number of halogens is 3. The van der Waals surface area contributed by atoms with E-state index in [1.165, 1.54) is 6.08 Å². The summed E-state index contributed by atoms with van der Waals surface area (Å²) < 4.78 is 77.2. The van der Waals surface area contributed by atoms with Crippen LogP contribution in [0.3, 0.4) is 0 Å². The van der Waals surface area contributed by atoms with Gasteiger partial charge in [-0.15, -0.1) is 0 Å². The molecular formula is C20H31F3O5S. The predicted octanol–water partition coefficient (Wildman–Crippen LogP) is 5.13. The maximum Gasteiger partial charge on any atom is 0.534 e. The van der Waals surface area contributed by atoms with Gasteiger partial charge in [-0.25, -0.2) is 0 Å². The normalized spacial score (nSPS) is 33.2. The molecule has 0 aromatic rings. The monoisotopic (exact) mass is 440 g/mol. The first kappa shape index (κ1) is 22.9. The molecule has 0 spiro atoms. The van der Waals surface area contributed by atoms with E-state index < -0.39 is 21.4 Å². The van der Waals surface area contributed by atoms with Crippen molar-refractivity contribution in [3.05, 3.63) is 11.8 Å². The van der Waals surface area contributed by atoms with Crippen molar-refractivity contribution >= 4 is 10.1 Å². The lowest BCUT2D eigenvalue weighted by Gasteiger charge is -2.42. The fourth-order valence-corrected chi connectivity index (χ4v) is 6.14. The first-order valence-corrected chi connectivity index (χ1v) is 11.8. The van der Waals surface area contributed by atoms with Gasteiger partial charge < -0.3 is 13.7 Å². The molecule has 29 heavy (non-hydrogen) atoms. The van der Waals surface area contributed by atoms with Crippen molar-refractivity contribution in [1.82, 2.24) is 0 Å². The van der Waals surface area contributed by atoms with Crippen molar-refractivity contribution in [3.63, 3.8) is 0 Å². The van der Waals surface area contributed by atoms with E-state index in [-0.39, 0.29) is 17.1 Å². The molecule has 0 radical (unpaired) electrons. The Kier molecular flexibility index (Phi) is 6.34. The largest absolute Gasteiger partial charge is 0.534 e. The summed E-state index contributed by atoms with van der Waals surface area (Å²) in [6.45, 7) is 7.44. The average Bonchev–Trinajstić information content (AvgIpc) is 3.17. The van der Waals surface area contributed by atoms with Gasteiger partial charge in [0.15, 0.2) is 5.79 Å². The average molecular weight is 441 g/mol. The van der Waals surface area contributed by atoms with Crippen molar-refractivity contribution in [1.29, 1.82) is 0 Å². The Morgan fingerprint density at radius 3 is 2.52 bits per heavy atom. The Hall–Kier alpha value is -0.800. The molecule has 5 nitrogen and oxygen atoms in total. The van der Waals surface area contributed by atoms with Crippen molar-refractivity contribution in [2.75, 3.05) is 13.2 Å². The topological polar surface area (TPSA) is 61.8 Å². The molecule has 0 bridgehead atoms. The predicted molar refractivity (Wildman–Crippen MR) is 101 cm³/mol. The van der Waals surface area contributed by atoms with E-state index >= 15 is 0 Å². The fourth-order valence-electron chi connectivity index (χ4n) is 5.61. The molecule has 0 N–H and O–H groups in total. The van der Waals surface area contributed by atoms with Crippen molar-refractivity contribution in [2.24, 2.45) is 23.2 Å². The first-order valence-electron chi connectivity index (χ1n) is 10.4. The van der Waals surface area contributed by atoms with Crippen LogP contribution in [0.1, 0.15) is 65.7 Å². The Balaban J connectivity index is 1.63. The third kappa shape index (κ3) is 4.61. The zero-order chi connectivity index (χ0) is 21.5. The van der Waals surface area contributed by atoms with Crippen LogP contribution in [0.5, 0.6) is 0 Å². The number of hydrogen-bond donors (Lipinski definition) is 0. The maximum absolute atomic E-state index is 12.8. The zero-order valence-corrected chi connectivity index (χ0v) is 18.1. The van der Waals surface area contributed by atoms with E-state index in [4.69, 9.17) is 9.47 Å². The van der Waals surface area contributed by atoms with Gasteiger partial charge in [-0.2, -0.15) is 21.6 Å². The van der Waals surface area contributed by atoms with E-state index in [0.29, 0.717) is 37.9 Å². The van der Waals surface area contributed by atoms with Crippen LogP contribution in [-0.4, -0.2) is 32.9 Å². The first-order chi connectivity index (χ1) is 13.4. The van der Waals surface area contributed by atoms with Crippen molar-refractivity contribution in [2.45, 2.75) is 77.0 Å². The molecular weight excluding hydrogens is 409 g/mol. The Morgan fingerprint density at radius 2 is 1.90 bits per heavy atom. The van der Waals surface area contributed by atoms with Gasteiger partial charge in [0.25, 0.3) is 0 Å². The Morgan fingerprint density at radius 1 is 1.24 bits per heavy atom. The molecule has 1 saturated heterocycles. The quantitative estimate of drug-likeness (QED) is 0.406. The third-order valence-electron chi connectivity index (χ3n) is 7.15. The summed E-state index contributed by atoms with van der Waals surface area (Å²) in [5, 5.41) is 0. The van der Waals surface area contributed by atoms with Gasteiger partial charge in [0.2, 0.25) is 0 Å². The number of ether oxygens (including phenoxy) is 2. The summed E-state index contributed by atoms with van der Waals surface area (Å²) in [7, 11) is -5.63. The van der Waals surface area contributed by atoms with Crippen LogP contribution in [0.4, 0.5) is 13.2 Å². The minimum absolute atomic E-state index is 0.0222. The summed E-state index contributed by atoms with van der Waals surface area (Å²) >= 11 is 0. The second-order valence-electron chi connectivity index (χ2n) is 9.07. The molecule has 168 valence electrons. The number of allylic oxidation sites excluding steroid dienone is 2. The van der Waals surface area contributed by atoms with E-state index in [0.717, 1.165) is 32.1 Å². The zero-order valence-electron chi connectivity index (χ0n) is 17.3. The smallest absolute Gasteiger partial charge is 0.381 e. The number of hydrogen-bond acceptors (Lipinski definition) is 5.